The maximum atomic E-state index is 12.1. The molecule has 0 saturated carbocycles. The summed E-state index contributed by atoms with van der Waals surface area (Å²) in [6.45, 7) is 4.18. The van der Waals surface area contributed by atoms with E-state index in [1.54, 1.807) is 12.1 Å². The van der Waals surface area contributed by atoms with Crippen LogP contribution < -0.4 is 14.8 Å². The summed E-state index contributed by atoms with van der Waals surface area (Å²) in [5.74, 6) is 1.16. The number of rotatable bonds is 6. The van der Waals surface area contributed by atoms with E-state index in [4.69, 9.17) is 21.1 Å². The highest BCUT2D eigenvalue weighted by Crippen LogP contribution is 2.31. The summed E-state index contributed by atoms with van der Waals surface area (Å²) in [6.07, 6.45) is 0.249. The molecule has 0 aliphatic heterocycles. The Kier molecular flexibility index (Phi) is 5.88. The van der Waals surface area contributed by atoms with E-state index >= 15 is 0 Å². The summed E-state index contributed by atoms with van der Waals surface area (Å²) in [7, 11) is 1.54. The zero-order valence-electron chi connectivity index (χ0n) is 13.5. The molecule has 0 bridgehead atoms. The molecular weight excluding hydrogens is 314 g/mol. The monoisotopic (exact) mass is 333 g/mol. The Labute approximate surface area is 141 Å². The molecule has 2 aromatic rings. The Hall–Kier alpha value is -2.20. The zero-order chi connectivity index (χ0) is 16.8. The molecule has 0 saturated heterocycles. The first-order chi connectivity index (χ1) is 11.0. The Morgan fingerprint density at radius 3 is 2.70 bits per heavy atom. The molecule has 5 heteroatoms. The molecule has 4 nitrogen and oxygen atoms in total. The van der Waals surface area contributed by atoms with E-state index in [0.717, 1.165) is 16.9 Å². The molecule has 1 amide bonds. The third-order valence-corrected chi connectivity index (χ3v) is 3.75. The van der Waals surface area contributed by atoms with Crippen LogP contribution in [0.25, 0.3) is 0 Å². The van der Waals surface area contributed by atoms with Crippen molar-refractivity contribution < 1.29 is 14.3 Å². The Bertz CT molecular complexity index is 701. The molecular formula is C18H20ClNO3. The average molecular weight is 334 g/mol. The Morgan fingerprint density at radius 1 is 1.22 bits per heavy atom. The van der Waals surface area contributed by atoms with E-state index < -0.39 is 0 Å². The quantitative estimate of drug-likeness (QED) is 0.853. The van der Waals surface area contributed by atoms with Gasteiger partial charge in [-0.25, -0.2) is 0 Å². The van der Waals surface area contributed by atoms with Crippen LogP contribution in [0.5, 0.6) is 11.5 Å². The van der Waals surface area contributed by atoms with E-state index in [0.29, 0.717) is 23.1 Å². The molecule has 0 radical (unpaired) electrons. The predicted octanol–water partition coefficient (Wildman–Crippen LogP) is 4.37. The van der Waals surface area contributed by atoms with E-state index in [1.165, 1.54) is 7.11 Å². The van der Waals surface area contributed by atoms with Crippen molar-refractivity contribution in [1.82, 2.24) is 0 Å². The lowest BCUT2D eigenvalue weighted by molar-refractivity contribution is -0.116. The van der Waals surface area contributed by atoms with Crippen LogP contribution in [-0.4, -0.2) is 19.6 Å². The smallest absolute Gasteiger partial charge is 0.227 e. The number of halogens is 1. The van der Waals surface area contributed by atoms with Gasteiger partial charge in [0.05, 0.1) is 25.8 Å². The number of hydrogen-bond donors (Lipinski definition) is 1. The molecule has 0 fully saturated rings. The van der Waals surface area contributed by atoms with E-state index in [2.05, 4.69) is 5.32 Å². The van der Waals surface area contributed by atoms with Gasteiger partial charge < -0.3 is 14.8 Å². The summed E-state index contributed by atoms with van der Waals surface area (Å²) < 4.78 is 10.8. The molecule has 0 aliphatic carbocycles. The van der Waals surface area contributed by atoms with Crippen molar-refractivity contribution in [2.75, 3.05) is 19.0 Å². The number of nitrogens with one attached hydrogen (secondary N) is 1. The molecule has 0 aromatic heterocycles. The lowest BCUT2D eigenvalue weighted by Crippen LogP contribution is -2.16. The Morgan fingerprint density at radius 2 is 2.00 bits per heavy atom. The number of carbonyl (C=O) groups is 1. The van der Waals surface area contributed by atoms with Crippen molar-refractivity contribution in [3.8, 4) is 11.5 Å². The minimum absolute atomic E-state index is 0.141. The van der Waals surface area contributed by atoms with Crippen molar-refractivity contribution in [1.29, 1.82) is 0 Å². The lowest BCUT2D eigenvalue weighted by Gasteiger charge is -2.12. The van der Waals surface area contributed by atoms with Gasteiger partial charge >= 0.3 is 0 Å². The van der Waals surface area contributed by atoms with Crippen molar-refractivity contribution in [3.05, 3.63) is 52.5 Å². The van der Waals surface area contributed by atoms with Crippen molar-refractivity contribution in [2.45, 2.75) is 20.3 Å². The molecule has 0 heterocycles. The number of hydrogen-bond acceptors (Lipinski definition) is 3. The highest BCUT2D eigenvalue weighted by atomic mass is 35.5. The predicted molar refractivity (Wildman–Crippen MR) is 92.7 cm³/mol. The number of carbonyl (C=O) groups excluding carboxylic acids is 1. The highest BCUT2D eigenvalue weighted by Gasteiger charge is 2.10. The highest BCUT2D eigenvalue weighted by molar-refractivity contribution is 6.31. The average Bonchev–Trinajstić information content (AvgIpc) is 2.50. The summed E-state index contributed by atoms with van der Waals surface area (Å²) >= 11 is 6.05. The van der Waals surface area contributed by atoms with Crippen LogP contribution in [0.1, 0.15) is 17.5 Å². The van der Waals surface area contributed by atoms with Crippen LogP contribution in [0.15, 0.2) is 36.4 Å². The van der Waals surface area contributed by atoms with Crippen LogP contribution in [0.4, 0.5) is 5.69 Å². The fourth-order valence-corrected chi connectivity index (χ4v) is 2.26. The van der Waals surface area contributed by atoms with Gasteiger partial charge in [-0.1, -0.05) is 23.7 Å². The van der Waals surface area contributed by atoms with Crippen LogP contribution in [0.3, 0.4) is 0 Å². The summed E-state index contributed by atoms with van der Waals surface area (Å²) in [5, 5.41) is 3.42. The minimum atomic E-state index is -0.141. The van der Waals surface area contributed by atoms with Crippen LogP contribution in [0, 0.1) is 13.8 Å². The number of methoxy groups -OCH3 is 1. The fraction of sp³-hybridized carbons (Fsp3) is 0.278. The van der Waals surface area contributed by atoms with Crippen molar-refractivity contribution >= 4 is 23.2 Å². The van der Waals surface area contributed by atoms with Gasteiger partial charge in [0.2, 0.25) is 5.91 Å². The number of anilines is 1. The maximum absolute atomic E-state index is 12.1. The van der Waals surface area contributed by atoms with Crippen molar-refractivity contribution in [3.63, 3.8) is 0 Å². The molecule has 122 valence electrons. The third kappa shape index (κ3) is 4.89. The molecule has 2 aromatic carbocycles. The van der Waals surface area contributed by atoms with Gasteiger partial charge in [0.1, 0.15) is 11.5 Å². The molecule has 0 atom stereocenters. The number of ether oxygens (including phenoxy) is 2. The standard InChI is InChI=1S/C18H20ClNO3/c1-12-5-4-6-14(9-12)23-8-7-18(21)20-16-10-13(2)15(19)11-17(16)22-3/h4-6,9-11H,7-8H2,1-3H3,(H,20,21). The number of aryl methyl sites for hydroxylation is 2. The van der Waals surface area contributed by atoms with E-state index in [-0.39, 0.29) is 12.3 Å². The van der Waals surface area contributed by atoms with Gasteiger partial charge in [-0.15, -0.1) is 0 Å². The zero-order valence-corrected chi connectivity index (χ0v) is 14.2. The van der Waals surface area contributed by atoms with Crippen LogP contribution >= 0.6 is 11.6 Å². The SMILES string of the molecule is COc1cc(Cl)c(C)cc1NC(=O)CCOc1cccc(C)c1. The van der Waals surface area contributed by atoms with Gasteiger partial charge in [0.15, 0.2) is 0 Å². The van der Waals surface area contributed by atoms with Gasteiger partial charge in [-0.3, -0.25) is 4.79 Å². The second kappa shape index (κ2) is 7.88. The summed E-state index contributed by atoms with van der Waals surface area (Å²) in [5.41, 5.74) is 2.60. The van der Waals surface area contributed by atoms with Gasteiger partial charge in [-0.2, -0.15) is 0 Å². The lowest BCUT2D eigenvalue weighted by atomic mass is 10.2. The van der Waals surface area contributed by atoms with Gasteiger partial charge in [0, 0.05) is 11.1 Å². The first-order valence-electron chi connectivity index (χ1n) is 7.33. The molecule has 0 aliphatic rings. The van der Waals surface area contributed by atoms with E-state index in [1.807, 2.05) is 38.1 Å². The van der Waals surface area contributed by atoms with Crippen LogP contribution in [0.2, 0.25) is 5.02 Å². The largest absolute Gasteiger partial charge is 0.495 e. The first kappa shape index (κ1) is 17.2. The molecule has 23 heavy (non-hydrogen) atoms. The normalized spacial score (nSPS) is 10.3. The molecule has 0 spiro atoms. The van der Waals surface area contributed by atoms with Gasteiger partial charge in [0.25, 0.3) is 0 Å². The topological polar surface area (TPSA) is 47.6 Å². The summed E-state index contributed by atoms with van der Waals surface area (Å²) in [4.78, 5) is 12.1. The van der Waals surface area contributed by atoms with Crippen molar-refractivity contribution in [2.24, 2.45) is 0 Å². The molecule has 0 unspecified atom stereocenters. The molecule has 1 N–H and O–H groups in total. The van der Waals surface area contributed by atoms with Gasteiger partial charge in [-0.05, 0) is 43.2 Å². The second-order valence-electron chi connectivity index (χ2n) is 5.26. The van der Waals surface area contributed by atoms with Crippen LogP contribution in [-0.2, 0) is 4.79 Å². The first-order valence-corrected chi connectivity index (χ1v) is 7.71. The van der Waals surface area contributed by atoms with E-state index in [9.17, 15) is 4.79 Å². The minimum Gasteiger partial charge on any atom is -0.495 e. The number of amides is 1. The second-order valence-corrected chi connectivity index (χ2v) is 5.67. The fourth-order valence-electron chi connectivity index (χ4n) is 2.11. The maximum Gasteiger partial charge on any atom is 0.227 e. The Balaban J connectivity index is 1.91. The third-order valence-electron chi connectivity index (χ3n) is 3.34. The number of benzene rings is 2. The summed E-state index contributed by atoms with van der Waals surface area (Å²) in [6, 6.07) is 11.2. The molecule has 2 rings (SSSR count).